The summed E-state index contributed by atoms with van der Waals surface area (Å²) in [4.78, 5) is 17.4. The summed E-state index contributed by atoms with van der Waals surface area (Å²) >= 11 is 0. The van der Waals surface area contributed by atoms with Gasteiger partial charge in [0.25, 0.3) is 0 Å². The topological polar surface area (TPSA) is 51.2 Å². The van der Waals surface area contributed by atoms with E-state index in [9.17, 15) is 4.79 Å². The van der Waals surface area contributed by atoms with E-state index < -0.39 is 0 Å². The standard InChI is InChI=1S/C32H34N2O4/c1-33(2)15-16-37-26-13-11-22(12-14-26)23-17-24-19-36-20-25(18-23)34(24)32(35)38-21-31-29-9-5-3-7-27(29)28-8-4-6-10-30(28)31/h3-14,17,24-25,31H,15-16,18-21H2,1-2H3. The second-order valence-electron chi connectivity index (χ2n) is 10.5. The number of hydrogen-bond acceptors (Lipinski definition) is 5. The van der Waals surface area contributed by atoms with Crippen LogP contribution in [0.5, 0.6) is 5.75 Å². The Morgan fingerprint density at radius 1 is 0.947 bits per heavy atom. The molecule has 3 aliphatic rings. The average Bonchev–Trinajstić information content (AvgIpc) is 3.25. The van der Waals surface area contributed by atoms with E-state index in [1.807, 2.05) is 31.1 Å². The first-order valence-corrected chi connectivity index (χ1v) is 13.4. The lowest BCUT2D eigenvalue weighted by molar-refractivity contribution is -0.0331. The molecule has 1 fully saturated rings. The summed E-state index contributed by atoms with van der Waals surface area (Å²) in [5.74, 6) is 0.924. The molecule has 6 heteroatoms. The van der Waals surface area contributed by atoms with E-state index in [0.29, 0.717) is 26.4 Å². The Labute approximate surface area is 224 Å². The van der Waals surface area contributed by atoms with Crippen LogP contribution in [0.1, 0.15) is 29.0 Å². The van der Waals surface area contributed by atoms with E-state index >= 15 is 0 Å². The molecule has 1 saturated heterocycles. The van der Waals surface area contributed by atoms with Crippen molar-refractivity contribution in [2.75, 3.05) is 47.1 Å². The molecular formula is C32H34N2O4. The second kappa shape index (κ2) is 10.6. The van der Waals surface area contributed by atoms with Gasteiger partial charge in [0.2, 0.25) is 0 Å². The van der Waals surface area contributed by atoms with E-state index in [4.69, 9.17) is 14.2 Å². The molecule has 3 aromatic rings. The summed E-state index contributed by atoms with van der Waals surface area (Å²) in [6.45, 7) is 2.86. The van der Waals surface area contributed by atoms with Gasteiger partial charge >= 0.3 is 6.09 Å². The van der Waals surface area contributed by atoms with E-state index in [1.165, 1.54) is 27.8 Å². The van der Waals surface area contributed by atoms with Crippen molar-refractivity contribution in [1.29, 1.82) is 0 Å². The van der Waals surface area contributed by atoms with E-state index in [-0.39, 0.29) is 24.1 Å². The number of rotatable bonds is 7. The summed E-state index contributed by atoms with van der Waals surface area (Å²) in [5, 5.41) is 0. The molecule has 0 spiro atoms. The van der Waals surface area contributed by atoms with Crippen molar-refractivity contribution in [2.24, 2.45) is 0 Å². The second-order valence-corrected chi connectivity index (χ2v) is 10.5. The number of likely N-dealkylation sites (N-methyl/N-ethyl adjacent to an activating group) is 1. The summed E-state index contributed by atoms with van der Waals surface area (Å²) in [5.41, 5.74) is 7.31. The van der Waals surface area contributed by atoms with Gasteiger partial charge in [-0.05, 0) is 66.0 Å². The average molecular weight is 511 g/mol. The van der Waals surface area contributed by atoms with Crippen LogP contribution in [0.25, 0.3) is 16.7 Å². The van der Waals surface area contributed by atoms with Crippen LogP contribution in [0.15, 0.2) is 78.9 Å². The van der Waals surface area contributed by atoms with Gasteiger partial charge in [0.05, 0.1) is 25.3 Å². The predicted octanol–water partition coefficient (Wildman–Crippen LogP) is 5.43. The molecule has 0 aromatic heterocycles. The molecule has 196 valence electrons. The Balaban J connectivity index is 1.14. The number of fused-ring (bicyclic) bond motifs is 5. The number of nitrogens with zero attached hydrogens (tertiary/aromatic N) is 2. The molecule has 0 N–H and O–H groups in total. The summed E-state index contributed by atoms with van der Waals surface area (Å²) in [6.07, 6.45) is 2.64. The SMILES string of the molecule is CN(C)CCOc1ccc(C2=CC3COCC(C2)N3C(=O)OCC2c3ccccc3-c3ccccc32)cc1. The van der Waals surface area contributed by atoms with Crippen molar-refractivity contribution in [3.63, 3.8) is 0 Å². The fourth-order valence-electron chi connectivity index (χ4n) is 5.87. The maximum Gasteiger partial charge on any atom is 0.410 e. The molecular weight excluding hydrogens is 476 g/mol. The Morgan fingerprint density at radius 2 is 1.63 bits per heavy atom. The maximum atomic E-state index is 13.4. The van der Waals surface area contributed by atoms with E-state index in [2.05, 4.69) is 71.6 Å². The van der Waals surface area contributed by atoms with Gasteiger partial charge in [-0.1, -0.05) is 66.7 Å². The van der Waals surface area contributed by atoms with Crippen LogP contribution in [0, 0.1) is 0 Å². The smallest absolute Gasteiger partial charge is 0.410 e. The minimum Gasteiger partial charge on any atom is -0.492 e. The van der Waals surface area contributed by atoms with Crippen LogP contribution >= 0.6 is 0 Å². The fourth-order valence-corrected chi connectivity index (χ4v) is 5.87. The zero-order valence-corrected chi connectivity index (χ0v) is 22.0. The van der Waals surface area contributed by atoms with Crippen LogP contribution in [-0.2, 0) is 9.47 Å². The van der Waals surface area contributed by atoms with Crippen LogP contribution < -0.4 is 4.74 Å². The first-order valence-electron chi connectivity index (χ1n) is 13.4. The Hall–Kier alpha value is -3.61. The molecule has 0 saturated carbocycles. The molecule has 2 atom stereocenters. The van der Waals surface area contributed by atoms with Crippen molar-refractivity contribution in [3.05, 3.63) is 95.6 Å². The number of morpholine rings is 1. The van der Waals surface area contributed by atoms with Crippen LogP contribution in [0.3, 0.4) is 0 Å². The normalized spacial score (nSPS) is 20.1. The molecule has 0 radical (unpaired) electrons. The van der Waals surface area contributed by atoms with Crippen LogP contribution in [0.4, 0.5) is 4.79 Å². The van der Waals surface area contributed by atoms with Gasteiger partial charge in [-0.15, -0.1) is 0 Å². The zero-order valence-electron chi connectivity index (χ0n) is 22.0. The predicted molar refractivity (Wildman–Crippen MR) is 148 cm³/mol. The van der Waals surface area contributed by atoms with Crippen molar-refractivity contribution in [3.8, 4) is 16.9 Å². The van der Waals surface area contributed by atoms with Gasteiger partial charge in [0, 0.05) is 12.5 Å². The van der Waals surface area contributed by atoms with Crippen molar-refractivity contribution >= 4 is 11.7 Å². The molecule has 1 amide bonds. The number of carbonyl (C=O) groups is 1. The molecule has 2 aliphatic heterocycles. The largest absolute Gasteiger partial charge is 0.492 e. The molecule has 1 aliphatic carbocycles. The summed E-state index contributed by atoms with van der Waals surface area (Å²) < 4.78 is 17.7. The molecule has 38 heavy (non-hydrogen) atoms. The lowest BCUT2D eigenvalue weighted by Gasteiger charge is -2.44. The number of ether oxygens (including phenoxy) is 3. The lowest BCUT2D eigenvalue weighted by Crippen LogP contribution is -2.56. The van der Waals surface area contributed by atoms with Crippen molar-refractivity contribution < 1.29 is 19.0 Å². The molecule has 2 unspecified atom stereocenters. The number of amides is 1. The highest BCUT2D eigenvalue weighted by atomic mass is 16.6. The van der Waals surface area contributed by atoms with Gasteiger partial charge in [-0.3, -0.25) is 4.90 Å². The quantitative estimate of drug-likeness (QED) is 0.424. The molecule has 2 heterocycles. The molecule has 2 bridgehead atoms. The molecule has 6 rings (SSSR count). The van der Waals surface area contributed by atoms with E-state index in [0.717, 1.165) is 24.3 Å². The lowest BCUT2D eigenvalue weighted by atomic mass is 9.90. The van der Waals surface area contributed by atoms with Gasteiger partial charge < -0.3 is 19.1 Å². The Bertz CT molecular complexity index is 1290. The number of hydrogen-bond donors (Lipinski definition) is 0. The number of benzene rings is 3. The number of carbonyl (C=O) groups excluding carboxylic acids is 1. The monoisotopic (exact) mass is 510 g/mol. The third kappa shape index (κ3) is 4.82. The van der Waals surface area contributed by atoms with Gasteiger partial charge in [-0.25, -0.2) is 4.79 Å². The van der Waals surface area contributed by atoms with E-state index in [1.54, 1.807) is 0 Å². The minimum absolute atomic E-state index is 0.0413. The van der Waals surface area contributed by atoms with Crippen LogP contribution in [-0.4, -0.2) is 75.0 Å². The molecule has 3 aromatic carbocycles. The van der Waals surface area contributed by atoms with Gasteiger partial charge in [-0.2, -0.15) is 0 Å². The van der Waals surface area contributed by atoms with Gasteiger partial charge in [0.1, 0.15) is 19.0 Å². The van der Waals surface area contributed by atoms with Crippen molar-refractivity contribution in [2.45, 2.75) is 24.4 Å². The third-order valence-electron chi connectivity index (χ3n) is 7.78. The highest BCUT2D eigenvalue weighted by Crippen LogP contribution is 2.44. The third-order valence-corrected chi connectivity index (χ3v) is 7.78. The summed E-state index contributed by atoms with van der Waals surface area (Å²) in [6, 6.07) is 24.9. The summed E-state index contributed by atoms with van der Waals surface area (Å²) in [7, 11) is 4.07. The van der Waals surface area contributed by atoms with Crippen LogP contribution in [0.2, 0.25) is 0 Å². The first kappa shape index (κ1) is 24.7. The first-order chi connectivity index (χ1) is 18.6. The van der Waals surface area contributed by atoms with Gasteiger partial charge in [0.15, 0.2) is 0 Å². The molecule has 6 nitrogen and oxygen atoms in total. The Morgan fingerprint density at radius 3 is 2.29 bits per heavy atom. The fraction of sp³-hybridized carbons (Fsp3) is 0.344. The maximum absolute atomic E-state index is 13.4. The highest BCUT2D eigenvalue weighted by molar-refractivity contribution is 5.79. The van der Waals surface area contributed by atoms with Crippen molar-refractivity contribution in [1.82, 2.24) is 9.80 Å². The Kier molecular flexibility index (Phi) is 6.92. The zero-order chi connectivity index (χ0) is 26.1. The highest BCUT2D eigenvalue weighted by Gasteiger charge is 2.40. The minimum atomic E-state index is -0.259.